The third kappa shape index (κ3) is 5.88. The summed E-state index contributed by atoms with van der Waals surface area (Å²) in [6.45, 7) is 0.386. The van der Waals surface area contributed by atoms with E-state index in [0.717, 1.165) is 0 Å². The van der Waals surface area contributed by atoms with Crippen LogP contribution in [-0.4, -0.2) is 29.5 Å². The van der Waals surface area contributed by atoms with Crippen LogP contribution < -0.4 is 5.32 Å². The van der Waals surface area contributed by atoms with Gasteiger partial charge in [-0.1, -0.05) is 12.1 Å². The van der Waals surface area contributed by atoms with Crippen molar-refractivity contribution < 1.29 is 23.4 Å². The molecule has 0 heterocycles. The molecular weight excluding hydrogens is 247 g/mol. The Labute approximate surface area is 103 Å². The van der Waals surface area contributed by atoms with E-state index in [0.29, 0.717) is 5.56 Å². The van der Waals surface area contributed by atoms with Crippen molar-refractivity contribution >= 4 is 0 Å². The Morgan fingerprint density at radius 2 is 1.78 bits per heavy atom. The first kappa shape index (κ1) is 14.8. The molecule has 18 heavy (non-hydrogen) atoms. The summed E-state index contributed by atoms with van der Waals surface area (Å²) in [5, 5.41) is 21.5. The summed E-state index contributed by atoms with van der Waals surface area (Å²) < 4.78 is 35.5. The Bertz CT molecular complexity index is 351. The summed E-state index contributed by atoms with van der Waals surface area (Å²) in [6, 6.07) is 6.03. The molecule has 0 bridgehead atoms. The lowest BCUT2D eigenvalue weighted by atomic mass is 10.1. The summed E-state index contributed by atoms with van der Waals surface area (Å²) in [4.78, 5) is 0. The molecule has 1 atom stereocenters. The molecule has 0 radical (unpaired) electrons. The zero-order valence-electron chi connectivity index (χ0n) is 9.74. The van der Waals surface area contributed by atoms with Crippen LogP contribution in [0.5, 0.6) is 5.75 Å². The Morgan fingerprint density at radius 3 is 2.33 bits per heavy atom. The van der Waals surface area contributed by atoms with Gasteiger partial charge >= 0.3 is 6.18 Å². The number of hydrogen-bond acceptors (Lipinski definition) is 3. The molecule has 3 nitrogen and oxygen atoms in total. The lowest BCUT2D eigenvalue weighted by Crippen LogP contribution is -2.23. The van der Waals surface area contributed by atoms with Crippen molar-refractivity contribution in [3.8, 4) is 5.75 Å². The van der Waals surface area contributed by atoms with Crippen LogP contribution in [0.25, 0.3) is 0 Å². The van der Waals surface area contributed by atoms with Gasteiger partial charge in [0.2, 0.25) is 0 Å². The van der Waals surface area contributed by atoms with E-state index >= 15 is 0 Å². The number of nitrogens with one attached hydrogen (secondary N) is 1. The second-order valence-corrected chi connectivity index (χ2v) is 4.03. The topological polar surface area (TPSA) is 52.5 Å². The fraction of sp³-hybridized carbons (Fsp3) is 0.500. The number of phenols is 1. The van der Waals surface area contributed by atoms with E-state index in [9.17, 15) is 18.3 Å². The first-order valence-electron chi connectivity index (χ1n) is 5.63. The number of aliphatic hydroxyl groups is 1. The standard InChI is InChI=1S/C12H16F3NO2/c13-12(14,15)6-1-7-16-8-11(18)9-2-4-10(17)5-3-9/h2-5,11,16-18H,1,6-8H2. The zero-order valence-corrected chi connectivity index (χ0v) is 9.74. The molecule has 0 aliphatic heterocycles. The number of rotatable bonds is 6. The van der Waals surface area contributed by atoms with Gasteiger partial charge in [-0.25, -0.2) is 0 Å². The van der Waals surface area contributed by atoms with Gasteiger partial charge in [0.25, 0.3) is 0 Å². The number of phenolic OH excluding ortho intramolecular Hbond substituents is 1. The van der Waals surface area contributed by atoms with Crippen LogP contribution in [0.3, 0.4) is 0 Å². The Kier molecular flexibility index (Phi) is 5.43. The first-order chi connectivity index (χ1) is 8.38. The molecule has 102 valence electrons. The minimum absolute atomic E-state index is 0.00814. The van der Waals surface area contributed by atoms with Gasteiger partial charge in [0.1, 0.15) is 5.75 Å². The Hall–Kier alpha value is -1.27. The molecule has 1 aromatic rings. The van der Waals surface area contributed by atoms with Crippen LogP contribution in [0, 0.1) is 0 Å². The van der Waals surface area contributed by atoms with Gasteiger partial charge in [0.15, 0.2) is 0 Å². The average molecular weight is 263 g/mol. The van der Waals surface area contributed by atoms with Crippen molar-refractivity contribution in [2.24, 2.45) is 0 Å². The predicted molar refractivity (Wildman–Crippen MR) is 61.2 cm³/mol. The van der Waals surface area contributed by atoms with Crippen LogP contribution >= 0.6 is 0 Å². The van der Waals surface area contributed by atoms with E-state index in [2.05, 4.69) is 5.32 Å². The van der Waals surface area contributed by atoms with Gasteiger partial charge in [-0.05, 0) is 30.7 Å². The van der Waals surface area contributed by atoms with E-state index in [-0.39, 0.29) is 25.3 Å². The summed E-state index contributed by atoms with van der Waals surface area (Å²) in [5.41, 5.74) is 0.608. The van der Waals surface area contributed by atoms with Gasteiger partial charge in [-0.3, -0.25) is 0 Å². The number of aliphatic hydroxyl groups excluding tert-OH is 1. The van der Waals surface area contributed by atoms with Crippen molar-refractivity contribution in [1.82, 2.24) is 5.32 Å². The molecule has 0 saturated carbocycles. The lowest BCUT2D eigenvalue weighted by Gasteiger charge is -2.12. The molecule has 0 fully saturated rings. The molecule has 0 amide bonds. The van der Waals surface area contributed by atoms with E-state index < -0.39 is 18.7 Å². The molecule has 0 aliphatic rings. The minimum Gasteiger partial charge on any atom is -0.508 e. The smallest absolute Gasteiger partial charge is 0.389 e. The monoisotopic (exact) mass is 263 g/mol. The van der Waals surface area contributed by atoms with Crippen molar-refractivity contribution in [1.29, 1.82) is 0 Å². The highest BCUT2D eigenvalue weighted by Crippen LogP contribution is 2.21. The van der Waals surface area contributed by atoms with E-state index in [1.165, 1.54) is 12.1 Å². The van der Waals surface area contributed by atoms with Gasteiger partial charge in [-0.15, -0.1) is 0 Å². The van der Waals surface area contributed by atoms with E-state index in [1.54, 1.807) is 12.1 Å². The summed E-state index contributed by atoms with van der Waals surface area (Å²) >= 11 is 0. The summed E-state index contributed by atoms with van der Waals surface area (Å²) in [6.07, 6.45) is -5.75. The van der Waals surface area contributed by atoms with Crippen LogP contribution in [0.1, 0.15) is 24.5 Å². The molecule has 1 unspecified atom stereocenters. The Morgan fingerprint density at radius 1 is 1.17 bits per heavy atom. The van der Waals surface area contributed by atoms with Gasteiger partial charge in [0, 0.05) is 13.0 Å². The second kappa shape index (κ2) is 6.61. The number of alkyl halides is 3. The highest BCUT2D eigenvalue weighted by molar-refractivity contribution is 5.27. The quantitative estimate of drug-likeness (QED) is 0.691. The second-order valence-electron chi connectivity index (χ2n) is 4.03. The minimum atomic E-state index is -4.13. The maximum absolute atomic E-state index is 11.8. The van der Waals surface area contributed by atoms with Crippen molar-refractivity contribution in [2.75, 3.05) is 13.1 Å². The third-order valence-corrected chi connectivity index (χ3v) is 2.43. The normalized spacial score (nSPS) is 13.6. The molecular formula is C12H16F3NO2. The molecule has 3 N–H and O–H groups in total. The molecule has 1 rings (SSSR count). The molecule has 1 aromatic carbocycles. The number of benzene rings is 1. The predicted octanol–water partition coefficient (Wildman–Crippen LogP) is 2.36. The van der Waals surface area contributed by atoms with Crippen molar-refractivity contribution in [2.45, 2.75) is 25.1 Å². The summed E-state index contributed by atoms with van der Waals surface area (Å²) in [7, 11) is 0. The molecule has 0 aliphatic carbocycles. The van der Waals surface area contributed by atoms with Crippen LogP contribution in [0.2, 0.25) is 0 Å². The van der Waals surface area contributed by atoms with Gasteiger partial charge in [0.05, 0.1) is 6.10 Å². The van der Waals surface area contributed by atoms with Gasteiger partial charge in [-0.2, -0.15) is 13.2 Å². The van der Waals surface area contributed by atoms with E-state index in [1.807, 2.05) is 0 Å². The highest BCUT2D eigenvalue weighted by atomic mass is 19.4. The zero-order chi connectivity index (χ0) is 13.6. The van der Waals surface area contributed by atoms with Crippen LogP contribution in [0.4, 0.5) is 13.2 Å². The van der Waals surface area contributed by atoms with Crippen molar-refractivity contribution in [3.63, 3.8) is 0 Å². The molecule has 0 spiro atoms. The third-order valence-electron chi connectivity index (χ3n) is 2.43. The van der Waals surface area contributed by atoms with Crippen LogP contribution in [0.15, 0.2) is 24.3 Å². The average Bonchev–Trinajstić information content (AvgIpc) is 2.27. The summed E-state index contributed by atoms with van der Waals surface area (Å²) in [5.74, 6) is 0.101. The molecule has 0 saturated heterocycles. The molecule has 0 aromatic heterocycles. The fourth-order valence-corrected chi connectivity index (χ4v) is 1.47. The highest BCUT2D eigenvalue weighted by Gasteiger charge is 2.25. The van der Waals surface area contributed by atoms with E-state index in [4.69, 9.17) is 5.11 Å². The largest absolute Gasteiger partial charge is 0.508 e. The SMILES string of the molecule is Oc1ccc(C(O)CNCCCC(F)(F)F)cc1. The number of aromatic hydroxyl groups is 1. The first-order valence-corrected chi connectivity index (χ1v) is 5.63. The van der Waals surface area contributed by atoms with Gasteiger partial charge < -0.3 is 15.5 Å². The van der Waals surface area contributed by atoms with Crippen LogP contribution in [-0.2, 0) is 0 Å². The fourth-order valence-electron chi connectivity index (χ4n) is 1.47. The number of hydrogen-bond donors (Lipinski definition) is 3. The number of halogens is 3. The maximum atomic E-state index is 11.8. The maximum Gasteiger partial charge on any atom is 0.389 e. The molecule has 6 heteroatoms. The Balaban J connectivity index is 2.21. The lowest BCUT2D eigenvalue weighted by molar-refractivity contribution is -0.135. The van der Waals surface area contributed by atoms with Crippen molar-refractivity contribution in [3.05, 3.63) is 29.8 Å².